The van der Waals surface area contributed by atoms with Gasteiger partial charge in [-0.2, -0.15) is 0 Å². The van der Waals surface area contributed by atoms with Gasteiger partial charge in [-0.25, -0.2) is 9.59 Å². The minimum absolute atomic E-state index is 0.0329. The summed E-state index contributed by atoms with van der Waals surface area (Å²) in [7, 11) is 0. The Morgan fingerprint density at radius 2 is 1.84 bits per heavy atom. The first-order valence-corrected chi connectivity index (χ1v) is 9.76. The highest BCUT2D eigenvalue weighted by Crippen LogP contribution is 2.13. The maximum atomic E-state index is 12.1. The number of carboxylic acid groups (broad SMARTS) is 2. The fourth-order valence-electron chi connectivity index (χ4n) is 2.91. The third kappa shape index (κ3) is 9.00. The van der Waals surface area contributed by atoms with Gasteiger partial charge in [0.2, 0.25) is 11.8 Å². The molecule has 174 valence electrons. The van der Waals surface area contributed by atoms with Crippen molar-refractivity contribution < 1.29 is 34.5 Å². The SMILES string of the molecule is N=C(N)N1CC=C(CC(N)C(=O)NCCCCCC(=O)NC(C(=O)O)C(O)C(=O)O)C1. The molecule has 0 aromatic heterocycles. The average molecular weight is 442 g/mol. The van der Waals surface area contributed by atoms with Crippen molar-refractivity contribution in [2.45, 2.75) is 50.3 Å². The van der Waals surface area contributed by atoms with Crippen LogP contribution in [-0.2, 0) is 19.2 Å². The zero-order valence-electron chi connectivity index (χ0n) is 17.0. The van der Waals surface area contributed by atoms with Crippen LogP contribution < -0.4 is 22.1 Å². The molecular weight excluding hydrogens is 412 g/mol. The molecule has 0 fully saturated rings. The van der Waals surface area contributed by atoms with Crippen molar-refractivity contribution in [2.24, 2.45) is 11.5 Å². The van der Waals surface area contributed by atoms with Crippen LogP contribution in [0.4, 0.5) is 0 Å². The molecule has 1 heterocycles. The van der Waals surface area contributed by atoms with Gasteiger partial charge in [-0.15, -0.1) is 0 Å². The summed E-state index contributed by atoms with van der Waals surface area (Å²) in [6, 6.07) is -2.65. The van der Waals surface area contributed by atoms with Gasteiger partial charge in [0.15, 0.2) is 18.1 Å². The Hall–Kier alpha value is -3.19. The lowest BCUT2D eigenvalue weighted by molar-refractivity contribution is -0.157. The van der Waals surface area contributed by atoms with E-state index in [1.165, 1.54) is 0 Å². The quantitative estimate of drug-likeness (QED) is 0.0648. The molecule has 0 radical (unpaired) electrons. The van der Waals surface area contributed by atoms with E-state index in [0.29, 0.717) is 45.3 Å². The maximum Gasteiger partial charge on any atom is 0.335 e. The van der Waals surface area contributed by atoms with E-state index in [1.807, 2.05) is 11.4 Å². The number of amides is 2. The minimum atomic E-state index is -2.24. The van der Waals surface area contributed by atoms with Crippen molar-refractivity contribution in [3.05, 3.63) is 11.6 Å². The Balaban J connectivity index is 2.20. The lowest BCUT2D eigenvalue weighted by Crippen LogP contribution is -2.51. The number of guanidine groups is 1. The number of rotatable bonds is 13. The summed E-state index contributed by atoms with van der Waals surface area (Å²) in [4.78, 5) is 47.1. The van der Waals surface area contributed by atoms with Crippen LogP contribution >= 0.6 is 0 Å². The van der Waals surface area contributed by atoms with Crippen LogP contribution in [0.2, 0.25) is 0 Å². The first-order valence-electron chi connectivity index (χ1n) is 9.76. The summed E-state index contributed by atoms with van der Waals surface area (Å²) >= 11 is 0. The highest BCUT2D eigenvalue weighted by molar-refractivity contribution is 5.89. The number of carboxylic acids is 2. The average Bonchev–Trinajstić information content (AvgIpc) is 3.16. The van der Waals surface area contributed by atoms with E-state index < -0.39 is 36.0 Å². The third-order valence-corrected chi connectivity index (χ3v) is 4.69. The Morgan fingerprint density at radius 3 is 2.39 bits per heavy atom. The number of carbonyl (C=O) groups is 4. The molecule has 10 N–H and O–H groups in total. The van der Waals surface area contributed by atoms with Crippen LogP contribution in [-0.4, -0.2) is 87.8 Å². The molecule has 0 bridgehead atoms. The Bertz CT molecular complexity index is 726. The summed E-state index contributed by atoms with van der Waals surface area (Å²) in [5.41, 5.74) is 12.3. The normalized spacial score (nSPS) is 16.1. The number of aliphatic hydroxyl groups excluding tert-OH is 1. The summed E-state index contributed by atoms with van der Waals surface area (Å²) < 4.78 is 0. The predicted molar refractivity (Wildman–Crippen MR) is 109 cm³/mol. The molecule has 0 saturated heterocycles. The first kappa shape index (κ1) is 25.8. The molecule has 0 aliphatic carbocycles. The van der Waals surface area contributed by atoms with Crippen LogP contribution in [0, 0.1) is 5.41 Å². The molecule has 13 nitrogen and oxygen atoms in total. The summed E-state index contributed by atoms with van der Waals surface area (Å²) in [5, 5.41) is 38.9. The van der Waals surface area contributed by atoms with Gasteiger partial charge in [0, 0.05) is 26.1 Å². The summed E-state index contributed by atoms with van der Waals surface area (Å²) in [5.74, 6) is -4.43. The zero-order valence-corrected chi connectivity index (χ0v) is 17.0. The van der Waals surface area contributed by atoms with Gasteiger partial charge in [0.05, 0.1) is 6.04 Å². The Labute approximate surface area is 179 Å². The zero-order chi connectivity index (χ0) is 23.6. The van der Waals surface area contributed by atoms with Gasteiger partial charge in [-0.3, -0.25) is 15.0 Å². The Morgan fingerprint density at radius 1 is 1.16 bits per heavy atom. The fraction of sp³-hybridized carbons (Fsp3) is 0.611. The van der Waals surface area contributed by atoms with Gasteiger partial charge < -0.3 is 42.3 Å². The second-order valence-electron chi connectivity index (χ2n) is 7.21. The standard InChI is InChI=1S/C18H30N6O7/c19-11(8-10-5-7-24(9-10)18(20)21)15(27)22-6-3-1-2-4-12(25)23-13(16(28)29)14(26)17(30)31/h5,11,13-14,26H,1-4,6-9,19H2,(H3,20,21)(H,22,27)(H,23,25)(H,28,29)(H,30,31). The van der Waals surface area contributed by atoms with Gasteiger partial charge in [-0.1, -0.05) is 18.1 Å². The van der Waals surface area contributed by atoms with Crippen LogP contribution in [0.1, 0.15) is 32.1 Å². The van der Waals surface area contributed by atoms with E-state index in [9.17, 15) is 24.3 Å². The first-order chi connectivity index (χ1) is 14.5. The maximum absolute atomic E-state index is 12.1. The molecular formula is C18H30N6O7. The number of nitrogens with one attached hydrogen (secondary N) is 3. The molecule has 13 heteroatoms. The number of aliphatic hydroxyl groups is 1. The van der Waals surface area contributed by atoms with Gasteiger partial charge >= 0.3 is 11.9 Å². The highest BCUT2D eigenvalue weighted by Gasteiger charge is 2.33. The van der Waals surface area contributed by atoms with Crippen molar-refractivity contribution in [2.75, 3.05) is 19.6 Å². The van der Waals surface area contributed by atoms with Crippen molar-refractivity contribution in [3.8, 4) is 0 Å². The van der Waals surface area contributed by atoms with E-state index in [2.05, 4.69) is 5.32 Å². The molecule has 1 aliphatic rings. The van der Waals surface area contributed by atoms with Gasteiger partial charge in [-0.05, 0) is 19.3 Å². The number of carbonyl (C=O) groups excluding carboxylic acids is 2. The second kappa shape index (κ2) is 12.5. The molecule has 3 unspecified atom stereocenters. The molecule has 0 saturated carbocycles. The second-order valence-corrected chi connectivity index (χ2v) is 7.21. The van der Waals surface area contributed by atoms with Gasteiger partial charge in [0.25, 0.3) is 0 Å². The van der Waals surface area contributed by atoms with Crippen LogP contribution in [0.3, 0.4) is 0 Å². The largest absolute Gasteiger partial charge is 0.480 e. The summed E-state index contributed by atoms with van der Waals surface area (Å²) in [6.07, 6.45) is 1.47. The minimum Gasteiger partial charge on any atom is -0.480 e. The van der Waals surface area contributed by atoms with Gasteiger partial charge in [0.1, 0.15) is 0 Å². The van der Waals surface area contributed by atoms with Crippen molar-refractivity contribution in [1.82, 2.24) is 15.5 Å². The predicted octanol–water partition coefficient (Wildman–Crippen LogP) is -2.47. The third-order valence-electron chi connectivity index (χ3n) is 4.69. The van der Waals surface area contributed by atoms with E-state index in [4.69, 9.17) is 27.1 Å². The topological polar surface area (TPSA) is 232 Å². The highest BCUT2D eigenvalue weighted by atomic mass is 16.4. The smallest absolute Gasteiger partial charge is 0.335 e. The molecule has 3 atom stereocenters. The number of hydrogen-bond donors (Lipinski definition) is 8. The van der Waals surface area contributed by atoms with Crippen molar-refractivity contribution in [1.29, 1.82) is 5.41 Å². The molecule has 1 rings (SSSR count). The van der Waals surface area contributed by atoms with Crippen LogP contribution in [0.15, 0.2) is 11.6 Å². The van der Waals surface area contributed by atoms with E-state index in [-0.39, 0.29) is 18.3 Å². The lowest BCUT2D eigenvalue weighted by Gasteiger charge is -2.17. The Kier molecular flexibility index (Phi) is 10.4. The van der Waals surface area contributed by atoms with Crippen molar-refractivity contribution in [3.63, 3.8) is 0 Å². The molecule has 1 aliphatic heterocycles. The summed E-state index contributed by atoms with van der Waals surface area (Å²) in [6.45, 7) is 1.35. The lowest BCUT2D eigenvalue weighted by atomic mass is 10.1. The molecule has 0 spiro atoms. The molecule has 2 amide bonds. The number of hydrogen-bond acceptors (Lipinski definition) is 7. The number of nitrogens with two attached hydrogens (primary N) is 2. The monoisotopic (exact) mass is 442 g/mol. The molecule has 31 heavy (non-hydrogen) atoms. The molecule has 0 aromatic carbocycles. The van der Waals surface area contributed by atoms with E-state index in [1.54, 1.807) is 4.90 Å². The van der Waals surface area contributed by atoms with Crippen molar-refractivity contribution >= 4 is 29.7 Å². The van der Waals surface area contributed by atoms with E-state index in [0.717, 1.165) is 5.57 Å². The fourth-order valence-corrected chi connectivity index (χ4v) is 2.91. The number of nitrogens with zero attached hydrogens (tertiary/aromatic N) is 1. The molecule has 0 aromatic rings. The number of aliphatic carboxylic acids is 2. The van der Waals surface area contributed by atoms with E-state index >= 15 is 0 Å². The van der Waals surface area contributed by atoms with Crippen LogP contribution in [0.5, 0.6) is 0 Å². The number of unbranched alkanes of at least 4 members (excludes halogenated alkanes) is 2. The van der Waals surface area contributed by atoms with Crippen LogP contribution in [0.25, 0.3) is 0 Å².